The topological polar surface area (TPSA) is 179 Å². The van der Waals surface area contributed by atoms with Gasteiger partial charge >= 0.3 is 6.09 Å². The number of imidazole rings is 1. The molecule has 3 amide bonds. The number of hydrogen-bond donors (Lipinski definition) is 2. The first kappa shape index (κ1) is 46.7. The smallest absolute Gasteiger partial charge is 0.408 e. The van der Waals surface area contributed by atoms with Gasteiger partial charge in [-0.25, -0.2) is 18.2 Å². The molecule has 0 unspecified atom stereocenters. The van der Waals surface area contributed by atoms with Crippen molar-refractivity contribution in [2.24, 2.45) is 22.7 Å². The lowest BCUT2D eigenvalue weighted by Crippen LogP contribution is -2.58. The molecule has 1 saturated heterocycles. The third kappa shape index (κ3) is 9.30. The maximum atomic E-state index is 15.0. The number of ketones is 1. The van der Waals surface area contributed by atoms with E-state index in [2.05, 4.69) is 22.0 Å². The molecular formula is C47H66N6O8S2. The summed E-state index contributed by atoms with van der Waals surface area (Å²) in [5.41, 5.74) is 0.619. The highest BCUT2D eigenvalue weighted by atomic mass is 32.2. The first-order valence-corrected chi connectivity index (χ1v) is 24.9. The molecule has 4 aliphatic rings. The van der Waals surface area contributed by atoms with E-state index in [1.807, 2.05) is 64.3 Å². The molecule has 2 aromatic heterocycles. The van der Waals surface area contributed by atoms with Crippen LogP contribution in [-0.4, -0.2) is 86.6 Å². The summed E-state index contributed by atoms with van der Waals surface area (Å²) in [6.45, 7) is 22.0. The van der Waals surface area contributed by atoms with E-state index in [1.54, 1.807) is 45.1 Å². The van der Waals surface area contributed by atoms with Crippen LogP contribution in [0.3, 0.4) is 0 Å². The molecule has 3 aliphatic carbocycles. The zero-order valence-corrected chi connectivity index (χ0v) is 40.2. The predicted octanol–water partition coefficient (Wildman–Crippen LogP) is 8.47. The van der Waals surface area contributed by atoms with Crippen LogP contribution in [0.25, 0.3) is 21.6 Å². The molecule has 14 nitrogen and oxygen atoms in total. The number of amides is 3. The number of para-hydroxylation sites is 1. The second-order valence-corrected chi connectivity index (χ2v) is 24.1. The molecule has 0 radical (unpaired) electrons. The maximum Gasteiger partial charge on any atom is 0.408 e. The fraction of sp³-hybridized carbons (Fsp3) is 0.660. The van der Waals surface area contributed by atoms with Crippen molar-refractivity contribution in [1.29, 1.82) is 0 Å². The van der Waals surface area contributed by atoms with E-state index >= 15 is 0 Å². The van der Waals surface area contributed by atoms with E-state index in [-0.39, 0.29) is 25.4 Å². The number of fused-ring (bicyclic) bond motifs is 1. The van der Waals surface area contributed by atoms with Crippen LogP contribution in [0, 0.1) is 22.7 Å². The van der Waals surface area contributed by atoms with Crippen LogP contribution in [0.2, 0.25) is 0 Å². The van der Waals surface area contributed by atoms with Crippen LogP contribution in [0.4, 0.5) is 4.79 Å². The third-order valence-corrected chi connectivity index (χ3v) is 16.7. The van der Waals surface area contributed by atoms with Gasteiger partial charge in [0, 0.05) is 35.2 Å². The number of aromatic nitrogens is 3. The average Bonchev–Trinajstić information content (AvgIpc) is 3.93. The Kier molecular flexibility index (Phi) is 12.5. The summed E-state index contributed by atoms with van der Waals surface area (Å²) in [5, 5.41) is 5.85. The number of rotatable bonds is 14. The molecule has 3 aromatic rings. The Bertz CT molecular complexity index is 2380. The number of sulfonamides is 1. The number of carbonyl (C=O) groups excluding carboxylic acids is 4. The average molecular weight is 907 g/mol. The highest BCUT2D eigenvalue weighted by Crippen LogP contribution is 2.57. The van der Waals surface area contributed by atoms with Crippen LogP contribution in [0.5, 0.6) is 6.01 Å². The summed E-state index contributed by atoms with van der Waals surface area (Å²) in [6, 6.07) is 4.07. The molecule has 1 aliphatic heterocycles. The van der Waals surface area contributed by atoms with E-state index < -0.39 is 84.9 Å². The number of hydrogen-bond acceptors (Lipinski definition) is 11. The molecule has 1 aromatic carbocycles. The maximum absolute atomic E-state index is 15.0. The molecule has 0 spiro atoms. The van der Waals surface area contributed by atoms with Gasteiger partial charge in [0.05, 0.1) is 34.0 Å². The van der Waals surface area contributed by atoms with Gasteiger partial charge in [-0.3, -0.25) is 23.7 Å². The molecular weight excluding hydrogens is 841 g/mol. The zero-order valence-electron chi connectivity index (χ0n) is 38.6. The SMILES string of the molecule is C=C[C@@H]1C[C@]1(CC(=O)[C@@H]1[C@H](C)[C@@H](Oc2nc3c(-c4nc(C5CCCCC5)cs4)cccc3n2C(C)C)CN1C(=O)[C@@H](NC(=O)OC(C)(C)C)C(C)(C)C)C(=O)NS(=O)(=O)C1(C)CC1. The molecule has 0 bridgehead atoms. The number of carbonyl (C=O) groups is 4. The summed E-state index contributed by atoms with van der Waals surface area (Å²) in [7, 11) is -3.99. The summed E-state index contributed by atoms with van der Waals surface area (Å²) in [5.74, 6) is -2.26. The first-order chi connectivity index (χ1) is 29.4. The highest BCUT2D eigenvalue weighted by Gasteiger charge is 2.63. The Labute approximate surface area is 376 Å². The largest absolute Gasteiger partial charge is 0.459 e. The summed E-state index contributed by atoms with van der Waals surface area (Å²) < 4.78 is 42.2. The van der Waals surface area contributed by atoms with Gasteiger partial charge in [-0.2, -0.15) is 4.98 Å². The summed E-state index contributed by atoms with van der Waals surface area (Å²) in [6.07, 6.45) is 6.85. The number of alkyl carbamates (subject to hydrolysis) is 1. The number of ether oxygens (including phenoxy) is 2. The normalized spacial score (nSPS) is 25.4. The van der Waals surface area contributed by atoms with Crippen molar-refractivity contribution in [2.45, 2.75) is 168 Å². The van der Waals surface area contributed by atoms with Gasteiger partial charge in [0.25, 0.3) is 6.01 Å². The first-order valence-electron chi connectivity index (χ1n) is 22.5. The van der Waals surface area contributed by atoms with Gasteiger partial charge in [-0.15, -0.1) is 17.9 Å². The van der Waals surface area contributed by atoms with Crippen molar-refractivity contribution in [3.63, 3.8) is 0 Å². The minimum absolute atomic E-state index is 0.0266. The van der Waals surface area contributed by atoms with Crippen LogP contribution >= 0.6 is 11.3 Å². The Morgan fingerprint density at radius 3 is 2.32 bits per heavy atom. The summed E-state index contributed by atoms with van der Waals surface area (Å²) >= 11 is 1.62. The van der Waals surface area contributed by atoms with Crippen LogP contribution < -0.4 is 14.8 Å². The number of thiazole rings is 1. The highest BCUT2D eigenvalue weighted by molar-refractivity contribution is 7.91. The number of nitrogens with one attached hydrogen (secondary N) is 2. The van der Waals surface area contributed by atoms with Crippen molar-refractivity contribution in [3.05, 3.63) is 41.9 Å². The van der Waals surface area contributed by atoms with Crippen molar-refractivity contribution in [2.75, 3.05) is 6.54 Å². The minimum atomic E-state index is -3.99. The third-order valence-electron chi connectivity index (χ3n) is 13.6. The lowest BCUT2D eigenvalue weighted by Gasteiger charge is -2.36. The fourth-order valence-electron chi connectivity index (χ4n) is 9.42. The second kappa shape index (κ2) is 16.9. The molecule has 4 fully saturated rings. The monoisotopic (exact) mass is 906 g/mol. The van der Waals surface area contributed by atoms with E-state index in [9.17, 15) is 27.6 Å². The number of benzene rings is 1. The van der Waals surface area contributed by atoms with Gasteiger partial charge in [0.15, 0.2) is 5.78 Å². The van der Waals surface area contributed by atoms with Gasteiger partial charge < -0.3 is 19.7 Å². The molecule has 16 heteroatoms. The van der Waals surface area contributed by atoms with Gasteiger partial charge in [-0.1, -0.05) is 59.1 Å². The molecule has 344 valence electrons. The lowest BCUT2D eigenvalue weighted by atomic mass is 9.84. The Balaban J connectivity index is 1.23. The molecule has 2 N–H and O–H groups in total. The van der Waals surface area contributed by atoms with Gasteiger partial charge in [0.2, 0.25) is 21.8 Å². The zero-order chi connectivity index (χ0) is 46.0. The number of allylic oxidation sites excluding steroid dienone is 1. The Morgan fingerprint density at radius 1 is 1.05 bits per heavy atom. The Morgan fingerprint density at radius 2 is 1.73 bits per heavy atom. The second-order valence-electron chi connectivity index (χ2n) is 21.1. The molecule has 7 rings (SSSR count). The van der Waals surface area contributed by atoms with Crippen molar-refractivity contribution in [3.8, 4) is 16.6 Å². The molecule has 6 atom stereocenters. The summed E-state index contributed by atoms with van der Waals surface area (Å²) in [4.78, 5) is 68.8. The van der Waals surface area contributed by atoms with Gasteiger partial charge in [0.1, 0.15) is 28.3 Å². The molecule has 3 saturated carbocycles. The van der Waals surface area contributed by atoms with Crippen LogP contribution in [0.1, 0.15) is 145 Å². The standard InChI is InChI=1S/C47H66N6O8S2/c1-12-30-23-47(30,41(56)51-63(58,59)46(11)21-22-46)24-34(54)37-28(4)35(25-52(37)40(55)38(44(5,6)7)50-43(57)61-45(8,9)10)60-42-49-36-31(19-16-20-33(36)53(42)27(2)3)39-48-32(26-62-39)29-17-14-13-15-18-29/h12,16,19-20,26-30,35,37-38H,1,13-15,17-18,21-25H2,2-11H3,(H,50,57)(H,51,56)/t28-,30-,35+,37+,38-,47-/m1/s1. The lowest BCUT2D eigenvalue weighted by molar-refractivity contribution is -0.143. The van der Waals surface area contributed by atoms with Gasteiger partial charge in [-0.05, 0) is 97.1 Å². The number of nitrogens with zero attached hydrogens (tertiary/aromatic N) is 4. The van der Waals surface area contributed by atoms with Crippen LogP contribution in [-0.2, 0) is 29.1 Å². The quantitative estimate of drug-likeness (QED) is 0.149. The Hall–Kier alpha value is -4.31. The number of likely N-dealkylation sites (tertiary alicyclic amines) is 1. The van der Waals surface area contributed by atoms with E-state index in [0.29, 0.717) is 24.8 Å². The van der Waals surface area contributed by atoms with E-state index in [1.165, 1.54) is 24.2 Å². The fourth-order valence-corrected chi connectivity index (χ4v) is 11.7. The van der Waals surface area contributed by atoms with Crippen molar-refractivity contribution >= 4 is 56.1 Å². The molecule has 3 heterocycles. The van der Waals surface area contributed by atoms with Crippen molar-refractivity contribution in [1.82, 2.24) is 29.5 Å². The van der Waals surface area contributed by atoms with E-state index in [4.69, 9.17) is 19.4 Å². The minimum Gasteiger partial charge on any atom is -0.459 e. The van der Waals surface area contributed by atoms with Crippen molar-refractivity contribution < 1.29 is 37.1 Å². The molecule has 63 heavy (non-hydrogen) atoms. The van der Waals surface area contributed by atoms with Crippen LogP contribution in [0.15, 0.2) is 36.2 Å². The number of Topliss-reactive ketones (excluding diaryl/α,β-unsaturated/α-hetero) is 1. The van der Waals surface area contributed by atoms with E-state index in [0.717, 1.165) is 40.1 Å². The predicted molar refractivity (Wildman–Crippen MR) is 244 cm³/mol.